The van der Waals surface area contributed by atoms with Crippen molar-refractivity contribution >= 4 is 28.9 Å². The number of alkyl carbamates (subject to hydrolysis) is 1. The third-order valence-corrected chi connectivity index (χ3v) is 11.0. The number of carbonyl (C=O) groups is 3. The van der Waals surface area contributed by atoms with Crippen LogP contribution in [-0.2, 0) is 25.6 Å². The second-order valence-corrected chi connectivity index (χ2v) is 15.1. The van der Waals surface area contributed by atoms with Crippen LogP contribution in [-0.4, -0.2) is 90.2 Å². The van der Waals surface area contributed by atoms with Crippen molar-refractivity contribution in [3.05, 3.63) is 141 Å². The van der Waals surface area contributed by atoms with Crippen molar-refractivity contribution in [1.82, 2.24) is 20.5 Å². The Hall–Kier alpha value is -6.22. The lowest BCUT2D eigenvalue weighted by Crippen LogP contribution is -2.52. The number of para-hydroxylation sites is 1. The number of aliphatic hydroxyl groups is 1. The standard InChI is InChI=1S/C46H50N4O10/c51-37-18-16-34(35-17-19-41(53)48-44(35)37)38(52)26-47-22-6-7-25-57-42(54)29-59-45(55)33-14-12-30(13-15-33)28-58-39-11-5-4-10-36(39)43(32-8-2-1-3-9-32)49-46(56)60-40-27-50-23-20-31(40)21-24-50/h1-5,8-19,31,38,40,43,47,51-52H,6-7,20-29H2,(H,48,53)(H,49,56)/t38-,40-,43?/m0/s1. The number of ether oxygens (including phenoxy) is 4. The van der Waals surface area contributed by atoms with E-state index in [1.54, 1.807) is 36.4 Å². The topological polar surface area (TPSA) is 189 Å². The first kappa shape index (κ1) is 41.9. The van der Waals surface area contributed by atoms with E-state index < -0.39 is 36.8 Å². The molecule has 14 nitrogen and oxygen atoms in total. The minimum atomic E-state index is -0.876. The van der Waals surface area contributed by atoms with E-state index in [1.807, 2.05) is 54.6 Å². The summed E-state index contributed by atoms with van der Waals surface area (Å²) in [5.41, 5.74) is 3.21. The number of nitrogens with one attached hydrogen (secondary N) is 3. The second-order valence-electron chi connectivity index (χ2n) is 15.1. The zero-order valence-corrected chi connectivity index (χ0v) is 33.2. The average molecular weight is 819 g/mol. The van der Waals surface area contributed by atoms with Crippen LogP contribution < -0.4 is 20.9 Å². The molecule has 2 bridgehead atoms. The van der Waals surface area contributed by atoms with Crippen molar-refractivity contribution in [2.75, 3.05) is 45.9 Å². The van der Waals surface area contributed by atoms with Gasteiger partial charge >= 0.3 is 18.0 Å². The summed E-state index contributed by atoms with van der Waals surface area (Å²) >= 11 is 0. The van der Waals surface area contributed by atoms with Crippen LogP contribution >= 0.6 is 0 Å². The lowest BCUT2D eigenvalue weighted by atomic mass is 9.86. The van der Waals surface area contributed by atoms with E-state index in [1.165, 1.54) is 12.1 Å². The van der Waals surface area contributed by atoms with Crippen molar-refractivity contribution in [2.45, 2.75) is 50.5 Å². The molecule has 3 atom stereocenters. The molecule has 5 N–H and O–H groups in total. The number of hydrogen-bond donors (Lipinski definition) is 5. The zero-order valence-electron chi connectivity index (χ0n) is 33.2. The summed E-state index contributed by atoms with van der Waals surface area (Å²) in [5.74, 6) is -0.425. The van der Waals surface area contributed by atoms with Crippen LogP contribution in [0.15, 0.2) is 108 Å². The Morgan fingerprint density at radius 2 is 1.62 bits per heavy atom. The molecule has 3 saturated heterocycles. The van der Waals surface area contributed by atoms with Gasteiger partial charge in [0.2, 0.25) is 5.56 Å². The van der Waals surface area contributed by atoms with Crippen molar-refractivity contribution in [2.24, 2.45) is 5.92 Å². The lowest BCUT2D eigenvalue weighted by Gasteiger charge is -2.43. The van der Waals surface area contributed by atoms with E-state index in [0.717, 1.165) is 49.2 Å². The molecule has 0 aliphatic carbocycles. The number of piperidine rings is 3. The number of aromatic hydroxyl groups is 1. The van der Waals surface area contributed by atoms with Crippen LogP contribution in [0.4, 0.5) is 4.79 Å². The molecule has 8 rings (SSSR count). The molecular weight excluding hydrogens is 769 g/mol. The first-order valence-electron chi connectivity index (χ1n) is 20.3. The number of aromatic amines is 1. The predicted octanol–water partition coefficient (Wildman–Crippen LogP) is 5.53. The molecule has 14 heteroatoms. The Morgan fingerprint density at radius 3 is 2.38 bits per heavy atom. The average Bonchev–Trinajstić information content (AvgIpc) is 3.27. The molecule has 1 aromatic heterocycles. The fraction of sp³-hybridized carbons (Fsp3) is 0.348. The van der Waals surface area contributed by atoms with Gasteiger partial charge in [-0.2, -0.15) is 0 Å². The van der Waals surface area contributed by atoms with Gasteiger partial charge in [0.15, 0.2) is 6.61 Å². The van der Waals surface area contributed by atoms with Crippen molar-refractivity contribution in [3.8, 4) is 11.5 Å². The van der Waals surface area contributed by atoms with Crippen LogP contribution in [0.3, 0.4) is 0 Å². The monoisotopic (exact) mass is 818 g/mol. The van der Waals surface area contributed by atoms with Crippen molar-refractivity contribution in [3.63, 3.8) is 0 Å². The van der Waals surface area contributed by atoms with Gasteiger partial charge in [-0.25, -0.2) is 14.4 Å². The first-order chi connectivity index (χ1) is 29.2. The zero-order chi connectivity index (χ0) is 41.8. The first-order valence-corrected chi connectivity index (χ1v) is 20.3. The Bertz CT molecular complexity index is 2290. The lowest BCUT2D eigenvalue weighted by molar-refractivity contribution is -0.147. The summed E-state index contributed by atoms with van der Waals surface area (Å²) < 4.78 is 22.7. The molecule has 314 valence electrons. The second kappa shape index (κ2) is 20.2. The number of fused-ring (bicyclic) bond motifs is 4. The molecule has 3 aliphatic heterocycles. The van der Waals surface area contributed by atoms with Gasteiger partial charge in [-0.05, 0) is 98.3 Å². The molecular formula is C46H50N4O10. The summed E-state index contributed by atoms with van der Waals surface area (Å²) in [6, 6.07) is 29.4. The molecule has 5 aromatic rings. The number of benzene rings is 4. The van der Waals surface area contributed by atoms with E-state index in [-0.39, 0.29) is 48.3 Å². The molecule has 0 radical (unpaired) electrons. The number of amides is 1. The largest absolute Gasteiger partial charge is 0.506 e. The number of H-pyrrole nitrogens is 1. The van der Waals surface area contributed by atoms with Gasteiger partial charge in [0.25, 0.3) is 0 Å². The summed E-state index contributed by atoms with van der Waals surface area (Å²) in [5, 5.41) is 27.6. The number of rotatable bonds is 18. The van der Waals surface area contributed by atoms with E-state index in [2.05, 4.69) is 20.5 Å². The number of nitrogens with zero attached hydrogens (tertiary/aromatic N) is 1. The van der Waals surface area contributed by atoms with E-state index in [4.69, 9.17) is 18.9 Å². The predicted molar refractivity (Wildman–Crippen MR) is 223 cm³/mol. The van der Waals surface area contributed by atoms with Gasteiger partial charge in [0.05, 0.1) is 29.8 Å². The van der Waals surface area contributed by atoms with Gasteiger partial charge in [0, 0.05) is 30.1 Å². The smallest absolute Gasteiger partial charge is 0.408 e. The van der Waals surface area contributed by atoms with Crippen LogP contribution in [0.1, 0.15) is 70.4 Å². The fourth-order valence-corrected chi connectivity index (χ4v) is 7.75. The summed E-state index contributed by atoms with van der Waals surface area (Å²) in [7, 11) is 0. The summed E-state index contributed by atoms with van der Waals surface area (Å²) in [6.45, 7) is 3.47. The molecule has 4 aromatic carbocycles. The number of aliphatic hydroxyl groups excluding tert-OH is 1. The normalized spacial score (nSPS) is 18.0. The maximum absolute atomic E-state index is 13.3. The summed E-state index contributed by atoms with van der Waals surface area (Å²) in [6.07, 6.45) is 1.83. The maximum atomic E-state index is 13.3. The fourth-order valence-electron chi connectivity index (χ4n) is 7.75. The van der Waals surface area contributed by atoms with Gasteiger partial charge < -0.3 is 44.8 Å². The Kier molecular flexibility index (Phi) is 14.1. The van der Waals surface area contributed by atoms with Gasteiger partial charge in [-0.3, -0.25) is 9.69 Å². The quantitative estimate of drug-likeness (QED) is 0.0424. The molecule has 3 fully saturated rings. The highest BCUT2D eigenvalue weighted by Gasteiger charge is 2.37. The highest BCUT2D eigenvalue weighted by atomic mass is 16.6. The maximum Gasteiger partial charge on any atom is 0.408 e. The minimum absolute atomic E-state index is 0.0747. The van der Waals surface area contributed by atoms with Crippen molar-refractivity contribution < 1.29 is 43.5 Å². The van der Waals surface area contributed by atoms with E-state index in [9.17, 15) is 29.4 Å². The third kappa shape index (κ3) is 10.9. The number of phenolic OH excluding ortho intramolecular Hbond substituents is 1. The molecule has 0 saturated carbocycles. The molecule has 4 heterocycles. The highest BCUT2D eigenvalue weighted by Crippen LogP contribution is 2.33. The van der Waals surface area contributed by atoms with E-state index in [0.29, 0.717) is 42.0 Å². The highest BCUT2D eigenvalue weighted by molar-refractivity contribution is 5.90. The van der Waals surface area contributed by atoms with Gasteiger partial charge in [-0.1, -0.05) is 66.7 Å². The Morgan fingerprint density at radius 1 is 0.850 bits per heavy atom. The number of pyridine rings is 1. The van der Waals surface area contributed by atoms with Gasteiger partial charge in [0.1, 0.15) is 24.2 Å². The van der Waals surface area contributed by atoms with Gasteiger partial charge in [-0.15, -0.1) is 0 Å². The Labute approximate surface area is 347 Å². The number of unbranched alkanes of at least 4 members (excludes halogenated alkanes) is 1. The van der Waals surface area contributed by atoms with Crippen LogP contribution in [0.2, 0.25) is 0 Å². The summed E-state index contributed by atoms with van der Waals surface area (Å²) in [4.78, 5) is 54.8. The molecule has 0 spiro atoms. The molecule has 1 amide bonds. The molecule has 60 heavy (non-hydrogen) atoms. The van der Waals surface area contributed by atoms with Crippen LogP contribution in [0.25, 0.3) is 10.9 Å². The van der Waals surface area contributed by atoms with Crippen LogP contribution in [0, 0.1) is 5.92 Å². The Balaban J connectivity index is 0.825. The third-order valence-electron chi connectivity index (χ3n) is 11.0. The molecule has 3 aliphatic rings. The number of esters is 2. The number of carbonyl (C=O) groups excluding carboxylic acids is 3. The van der Waals surface area contributed by atoms with Crippen LogP contribution in [0.5, 0.6) is 11.5 Å². The SMILES string of the molecule is O=C(COC(=O)c1ccc(COc2ccccc2C(NC(=O)O[C@H]2CN3CCC2CC3)c2ccccc2)cc1)OCCCCNC[C@H](O)c1ccc(O)c2[nH]c(=O)ccc12. The number of hydrogen-bond acceptors (Lipinski definition) is 12. The number of aromatic nitrogens is 1. The minimum Gasteiger partial charge on any atom is -0.506 e. The molecule has 1 unspecified atom stereocenters. The van der Waals surface area contributed by atoms with Crippen molar-refractivity contribution in [1.29, 1.82) is 0 Å². The number of phenols is 1. The van der Waals surface area contributed by atoms with E-state index >= 15 is 0 Å².